The second-order valence-electron chi connectivity index (χ2n) is 2.49. The van der Waals surface area contributed by atoms with Gasteiger partial charge in [-0.1, -0.05) is 30.3 Å². The first kappa shape index (κ1) is 11.0. The summed E-state index contributed by atoms with van der Waals surface area (Å²) in [7, 11) is 0. The Hall–Kier alpha value is -0.116. The van der Waals surface area contributed by atoms with Crippen molar-refractivity contribution in [3.63, 3.8) is 0 Å². The van der Waals surface area contributed by atoms with Crippen LogP contribution in [0.1, 0.15) is 5.56 Å². The minimum atomic E-state index is 0. The van der Waals surface area contributed by atoms with Crippen LogP contribution in [0.4, 0.5) is 0 Å². The molecule has 1 heterocycles. The van der Waals surface area contributed by atoms with Crippen molar-refractivity contribution in [3.8, 4) is 0 Å². The Morgan fingerprint density at radius 2 is 1.85 bits per heavy atom. The minimum Gasteiger partial charge on any atom is -0.390 e. The number of benzene rings is 1. The van der Waals surface area contributed by atoms with Crippen LogP contribution in [-0.2, 0) is 4.84 Å². The van der Waals surface area contributed by atoms with E-state index in [1.807, 2.05) is 42.5 Å². The molecule has 0 atom stereocenters. The van der Waals surface area contributed by atoms with Gasteiger partial charge in [0.1, 0.15) is 6.26 Å². The molecule has 0 amide bonds. The van der Waals surface area contributed by atoms with Crippen molar-refractivity contribution in [2.24, 2.45) is 0 Å². The van der Waals surface area contributed by atoms with E-state index in [9.17, 15) is 0 Å². The molecule has 1 radical (unpaired) electrons. The standard InChI is InChI=1S/C10H9NO.Eu/c1-2-5-9(6-3-1)10-7-4-8-12-11-10;/h1-8,11H;. The molecular weight excluding hydrogens is 302 g/mol. The summed E-state index contributed by atoms with van der Waals surface area (Å²) in [6.07, 6.45) is 5.43. The van der Waals surface area contributed by atoms with Crippen LogP contribution in [0.15, 0.2) is 48.7 Å². The van der Waals surface area contributed by atoms with Crippen molar-refractivity contribution in [1.82, 2.24) is 5.48 Å². The summed E-state index contributed by atoms with van der Waals surface area (Å²) < 4.78 is 0. The van der Waals surface area contributed by atoms with E-state index in [-0.39, 0.29) is 49.4 Å². The molecule has 0 aromatic heterocycles. The van der Waals surface area contributed by atoms with Crippen LogP contribution >= 0.6 is 0 Å². The van der Waals surface area contributed by atoms with E-state index in [1.165, 1.54) is 0 Å². The Morgan fingerprint density at radius 1 is 1.08 bits per heavy atom. The van der Waals surface area contributed by atoms with Gasteiger partial charge in [0.05, 0.1) is 5.70 Å². The molecule has 67 valence electrons. The van der Waals surface area contributed by atoms with E-state index in [1.54, 1.807) is 6.26 Å². The normalized spacial score (nSPS) is 13.4. The molecule has 0 unspecified atom stereocenters. The summed E-state index contributed by atoms with van der Waals surface area (Å²) in [5, 5.41) is 0. The van der Waals surface area contributed by atoms with Crippen molar-refractivity contribution in [2.75, 3.05) is 0 Å². The van der Waals surface area contributed by atoms with Crippen LogP contribution in [-0.4, -0.2) is 0 Å². The molecule has 1 aromatic carbocycles. The van der Waals surface area contributed by atoms with Crippen molar-refractivity contribution < 1.29 is 54.2 Å². The third-order valence-electron chi connectivity index (χ3n) is 1.66. The van der Waals surface area contributed by atoms with Crippen LogP contribution < -0.4 is 5.48 Å². The van der Waals surface area contributed by atoms with Crippen molar-refractivity contribution >= 4 is 5.70 Å². The SMILES string of the molecule is C1=CONC(c2ccccc2)=C1.[Eu]. The van der Waals surface area contributed by atoms with Crippen LogP contribution in [0.2, 0.25) is 0 Å². The first-order valence-electron chi connectivity index (χ1n) is 3.81. The van der Waals surface area contributed by atoms with Gasteiger partial charge < -0.3 is 4.84 Å². The molecular formula is C10H9EuNO. The summed E-state index contributed by atoms with van der Waals surface area (Å²) >= 11 is 0. The van der Waals surface area contributed by atoms with Gasteiger partial charge in [0.2, 0.25) is 0 Å². The third-order valence-corrected chi connectivity index (χ3v) is 1.66. The molecule has 1 N–H and O–H groups in total. The summed E-state index contributed by atoms with van der Waals surface area (Å²) in [5.41, 5.74) is 4.92. The zero-order chi connectivity index (χ0) is 8.23. The van der Waals surface area contributed by atoms with Crippen molar-refractivity contribution in [3.05, 3.63) is 54.3 Å². The van der Waals surface area contributed by atoms with Gasteiger partial charge in [-0.25, -0.2) is 5.48 Å². The second-order valence-corrected chi connectivity index (χ2v) is 2.49. The van der Waals surface area contributed by atoms with Gasteiger partial charge >= 0.3 is 0 Å². The molecule has 0 saturated carbocycles. The topological polar surface area (TPSA) is 21.3 Å². The molecule has 0 spiro atoms. The van der Waals surface area contributed by atoms with E-state index < -0.39 is 0 Å². The number of hydrogen-bond donors (Lipinski definition) is 1. The van der Waals surface area contributed by atoms with E-state index >= 15 is 0 Å². The van der Waals surface area contributed by atoms with Crippen LogP contribution in [0, 0.1) is 49.4 Å². The smallest absolute Gasteiger partial charge is 0.119 e. The Labute approximate surface area is 118 Å². The fraction of sp³-hybridized carbons (Fsp3) is 0. The Bertz CT molecular complexity index is 319. The molecule has 1 aliphatic rings. The number of nitrogens with one attached hydrogen (secondary N) is 1. The molecule has 1 aliphatic heterocycles. The number of hydrogen-bond acceptors (Lipinski definition) is 2. The fourth-order valence-corrected chi connectivity index (χ4v) is 1.08. The summed E-state index contributed by atoms with van der Waals surface area (Å²) in [5.74, 6) is 0. The Balaban J connectivity index is 0.000000845. The van der Waals surface area contributed by atoms with Crippen LogP contribution in [0.25, 0.3) is 5.70 Å². The largest absolute Gasteiger partial charge is 0.390 e. The second kappa shape index (κ2) is 5.58. The first-order valence-corrected chi connectivity index (χ1v) is 3.81. The van der Waals surface area contributed by atoms with E-state index in [4.69, 9.17) is 4.84 Å². The number of rotatable bonds is 1. The predicted molar refractivity (Wildman–Crippen MR) is 47.8 cm³/mol. The van der Waals surface area contributed by atoms with Crippen LogP contribution in [0.5, 0.6) is 0 Å². The maximum Gasteiger partial charge on any atom is 0.119 e. The van der Waals surface area contributed by atoms with Gasteiger partial charge in [0, 0.05) is 54.9 Å². The molecule has 2 nitrogen and oxygen atoms in total. The van der Waals surface area contributed by atoms with Gasteiger partial charge in [-0.3, -0.25) is 0 Å². The summed E-state index contributed by atoms with van der Waals surface area (Å²) in [4.78, 5) is 4.94. The van der Waals surface area contributed by atoms with E-state index in [0.717, 1.165) is 11.3 Å². The van der Waals surface area contributed by atoms with Gasteiger partial charge in [0.25, 0.3) is 0 Å². The fourth-order valence-electron chi connectivity index (χ4n) is 1.08. The van der Waals surface area contributed by atoms with Crippen molar-refractivity contribution in [1.29, 1.82) is 0 Å². The summed E-state index contributed by atoms with van der Waals surface area (Å²) in [6.45, 7) is 0. The molecule has 0 aliphatic carbocycles. The average Bonchev–Trinajstić information content (AvgIpc) is 2.21. The zero-order valence-electron chi connectivity index (χ0n) is 6.91. The van der Waals surface area contributed by atoms with Gasteiger partial charge in [0.15, 0.2) is 0 Å². The molecule has 0 bridgehead atoms. The quantitative estimate of drug-likeness (QED) is 0.857. The van der Waals surface area contributed by atoms with Gasteiger partial charge in [-0.15, -0.1) is 0 Å². The molecule has 0 saturated heterocycles. The molecule has 0 fully saturated rings. The Kier molecular flexibility index (Phi) is 4.71. The van der Waals surface area contributed by atoms with Gasteiger partial charge in [-0.05, 0) is 12.2 Å². The molecule has 1 aromatic rings. The minimum absolute atomic E-state index is 0. The zero-order valence-corrected chi connectivity index (χ0v) is 9.33. The third kappa shape index (κ3) is 2.94. The summed E-state index contributed by atoms with van der Waals surface area (Å²) in [6, 6.07) is 10.0. The predicted octanol–water partition coefficient (Wildman–Crippen LogP) is 2.08. The van der Waals surface area contributed by atoms with Crippen molar-refractivity contribution in [2.45, 2.75) is 0 Å². The van der Waals surface area contributed by atoms with E-state index in [0.29, 0.717) is 0 Å². The van der Waals surface area contributed by atoms with Gasteiger partial charge in [-0.2, -0.15) is 0 Å². The molecule has 13 heavy (non-hydrogen) atoms. The maximum atomic E-state index is 4.94. The number of hydroxylamine groups is 1. The maximum absolute atomic E-state index is 4.94. The Morgan fingerprint density at radius 3 is 2.46 bits per heavy atom. The molecule has 2 rings (SSSR count). The average molecular weight is 311 g/mol. The monoisotopic (exact) mass is 312 g/mol. The van der Waals surface area contributed by atoms with Crippen LogP contribution in [0.3, 0.4) is 0 Å². The number of allylic oxidation sites excluding steroid dienone is 2. The molecule has 3 heteroatoms. The first-order chi connectivity index (χ1) is 5.97. The van der Waals surface area contributed by atoms with E-state index in [2.05, 4.69) is 5.48 Å².